The number of benzene rings is 1. The molecule has 32 heavy (non-hydrogen) atoms. The summed E-state index contributed by atoms with van der Waals surface area (Å²) in [6.45, 7) is 7.49. The molecule has 0 radical (unpaired) electrons. The summed E-state index contributed by atoms with van der Waals surface area (Å²) in [5.74, 6) is 1.09. The van der Waals surface area contributed by atoms with E-state index in [0.29, 0.717) is 23.0 Å². The van der Waals surface area contributed by atoms with Gasteiger partial charge in [0.2, 0.25) is 0 Å². The second-order valence-corrected chi connectivity index (χ2v) is 9.03. The molecule has 4 rings (SSSR count). The van der Waals surface area contributed by atoms with Crippen molar-refractivity contribution in [3.63, 3.8) is 0 Å². The standard InChI is InChI=1S/C24H31FN6O/c1-17-21(10-14-29(4)24(17,2)3)30(15-11-25)23-9-8-20(27-28-23)19-7-6-18(16-22(19)32)31-13-5-12-26-31/h5-9,12-13,16-17,21,32H,10-11,14-15H2,1-4H3. The van der Waals surface area contributed by atoms with Gasteiger partial charge < -0.3 is 14.9 Å². The van der Waals surface area contributed by atoms with Gasteiger partial charge in [0.05, 0.1) is 11.4 Å². The van der Waals surface area contributed by atoms with Crippen LogP contribution < -0.4 is 4.90 Å². The van der Waals surface area contributed by atoms with Crippen molar-refractivity contribution in [1.29, 1.82) is 0 Å². The Labute approximate surface area is 188 Å². The fourth-order valence-electron chi connectivity index (χ4n) is 4.57. The van der Waals surface area contributed by atoms with E-state index in [2.05, 4.69) is 52.9 Å². The lowest BCUT2D eigenvalue weighted by Gasteiger charge is -2.52. The van der Waals surface area contributed by atoms with Gasteiger partial charge in [0.1, 0.15) is 12.4 Å². The number of aromatic hydroxyl groups is 1. The number of nitrogens with zero attached hydrogens (tertiary/aromatic N) is 6. The molecule has 1 N–H and O–H groups in total. The molecule has 2 atom stereocenters. The SMILES string of the molecule is CC1C(N(CCF)c2ccc(-c3ccc(-n4cccn4)cc3O)nn2)CCN(C)C1(C)C. The van der Waals surface area contributed by atoms with E-state index in [0.717, 1.165) is 18.7 Å². The summed E-state index contributed by atoms with van der Waals surface area (Å²) in [6, 6.07) is 11.0. The molecule has 7 nitrogen and oxygen atoms in total. The third-order valence-electron chi connectivity index (χ3n) is 7.13. The van der Waals surface area contributed by atoms with Gasteiger partial charge in [-0.15, -0.1) is 10.2 Å². The molecule has 1 aliphatic rings. The molecule has 2 unspecified atom stereocenters. The number of likely N-dealkylation sites (tertiary alicyclic amines) is 1. The second-order valence-electron chi connectivity index (χ2n) is 9.03. The molecule has 1 saturated heterocycles. The molecule has 0 bridgehead atoms. The predicted molar refractivity (Wildman–Crippen MR) is 124 cm³/mol. The van der Waals surface area contributed by atoms with E-state index in [1.165, 1.54) is 0 Å². The van der Waals surface area contributed by atoms with Gasteiger partial charge in [0, 0.05) is 48.7 Å². The van der Waals surface area contributed by atoms with E-state index < -0.39 is 6.67 Å². The Morgan fingerprint density at radius 2 is 2.03 bits per heavy atom. The molecule has 3 heterocycles. The van der Waals surface area contributed by atoms with Gasteiger partial charge in [-0.05, 0) is 63.6 Å². The Bertz CT molecular complexity index is 1040. The largest absolute Gasteiger partial charge is 0.507 e. The molecule has 0 spiro atoms. The van der Waals surface area contributed by atoms with Gasteiger partial charge >= 0.3 is 0 Å². The van der Waals surface area contributed by atoms with Crippen molar-refractivity contribution >= 4 is 5.82 Å². The number of alkyl halides is 1. The van der Waals surface area contributed by atoms with Crippen LogP contribution >= 0.6 is 0 Å². The maximum atomic E-state index is 13.5. The topological polar surface area (TPSA) is 70.3 Å². The highest BCUT2D eigenvalue weighted by Crippen LogP contribution is 2.36. The number of piperidine rings is 1. The summed E-state index contributed by atoms with van der Waals surface area (Å²) >= 11 is 0. The quantitative estimate of drug-likeness (QED) is 0.629. The van der Waals surface area contributed by atoms with Crippen LogP contribution in [0.25, 0.3) is 16.9 Å². The van der Waals surface area contributed by atoms with Crippen LogP contribution in [0.15, 0.2) is 48.8 Å². The summed E-state index contributed by atoms with van der Waals surface area (Å²) in [6.07, 6.45) is 4.44. The third-order valence-corrected chi connectivity index (χ3v) is 7.13. The molecule has 0 aliphatic carbocycles. The lowest BCUT2D eigenvalue weighted by molar-refractivity contribution is 0.0375. The maximum Gasteiger partial charge on any atom is 0.151 e. The van der Waals surface area contributed by atoms with E-state index in [1.54, 1.807) is 23.0 Å². The van der Waals surface area contributed by atoms with Crippen LogP contribution in [-0.4, -0.2) is 68.4 Å². The zero-order chi connectivity index (χ0) is 22.9. The van der Waals surface area contributed by atoms with Crippen molar-refractivity contribution in [3.8, 4) is 22.7 Å². The average molecular weight is 439 g/mol. The Hall–Kier alpha value is -3.00. The van der Waals surface area contributed by atoms with Gasteiger partial charge in [-0.2, -0.15) is 5.10 Å². The lowest BCUT2D eigenvalue weighted by atomic mass is 9.76. The van der Waals surface area contributed by atoms with Crippen molar-refractivity contribution in [3.05, 3.63) is 48.8 Å². The van der Waals surface area contributed by atoms with Crippen LogP contribution in [0.2, 0.25) is 0 Å². The van der Waals surface area contributed by atoms with Gasteiger partial charge in [-0.25, -0.2) is 9.07 Å². The molecule has 0 saturated carbocycles. The van der Waals surface area contributed by atoms with E-state index in [4.69, 9.17) is 0 Å². The molecule has 8 heteroatoms. The molecule has 3 aromatic rings. The summed E-state index contributed by atoms with van der Waals surface area (Å²) in [7, 11) is 2.14. The number of phenols is 1. The van der Waals surface area contributed by atoms with Gasteiger partial charge in [-0.3, -0.25) is 0 Å². The first kappa shape index (κ1) is 22.2. The van der Waals surface area contributed by atoms with Crippen molar-refractivity contribution < 1.29 is 9.50 Å². The number of anilines is 1. The Morgan fingerprint density at radius 1 is 1.22 bits per heavy atom. The van der Waals surface area contributed by atoms with Crippen LogP contribution in [0.1, 0.15) is 27.2 Å². The minimum Gasteiger partial charge on any atom is -0.507 e. The van der Waals surface area contributed by atoms with E-state index >= 15 is 0 Å². The summed E-state index contributed by atoms with van der Waals surface area (Å²) < 4.78 is 15.2. The maximum absolute atomic E-state index is 13.5. The number of phenolic OH excluding ortho intramolecular Hbond substituents is 1. The Balaban J connectivity index is 1.59. The number of halogens is 1. The highest BCUT2D eigenvalue weighted by molar-refractivity contribution is 5.69. The van der Waals surface area contributed by atoms with Crippen molar-refractivity contribution in [2.45, 2.75) is 38.8 Å². The fraction of sp³-hybridized carbons (Fsp3) is 0.458. The molecule has 1 aromatic carbocycles. The molecule has 170 valence electrons. The van der Waals surface area contributed by atoms with Crippen molar-refractivity contribution in [1.82, 2.24) is 24.9 Å². The Morgan fingerprint density at radius 3 is 2.66 bits per heavy atom. The monoisotopic (exact) mass is 438 g/mol. The summed E-state index contributed by atoms with van der Waals surface area (Å²) in [4.78, 5) is 4.42. The van der Waals surface area contributed by atoms with Crippen molar-refractivity contribution in [2.24, 2.45) is 5.92 Å². The van der Waals surface area contributed by atoms with Crippen molar-refractivity contribution in [2.75, 3.05) is 31.7 Å². The highest BCUT2D eigenvalue weighted by atomic mass is 19.1. The van der Waals surface area contributed by atoms with Gasteiger partial charge in [-0.1, -0.05) is 6.92 Å². The minimum absolute atomic E-state index is 0.00690. The van der Waals surface area contributed by atoms with E-state index in [-0.39, 0.29) is 23.9 Å². The average Bonchev–Trinajstić information content (AvgIpc) is 3.32. The zero-order valence-corrected chi connectivity index (χ0v) is 19.1. The second kappa shape index (κ2) is 8.86. The summed E-state index contributed by atoms with van der Waals surface area (Å²) in [5, 5.41) is 23.5. The Kier molecular flexibility index (Phi) is 6.15. The zero-order valence-electron chi connectivity index (χ0n) is 19.1. The highest BCUT2D eigenvalue weighted by Gasteiger charge is 2.42. The third kappa shape index (κ3) is 4.07. The molecule has 1 fully saturated rings. The van der Waals surface area contributed by atoms with Crippen LogP contribution in [0.4, 0.5) is 10.2 Å². The molecular formula is C24H31FN6O. The predicted octanol–water partition coefficient (Wildman–Crippen LogP) is 3.93. The fourth-order valence-corrected chi connectivity index (χ4v) is 4.57. The smallest absolute Gasteiger partial charge is 0.151 e. The van der Waals surface area contributed by atoms with Gasteiger partial charge in [0.25, 0.3) is 0 Å². The number of hydrogen-bond acceptors (Lipinski definition) is 6. The number of rotatable bonds is 6. The van der Waals surface area contributed by atoms with Crippen LogP contribution in [-0.2, 0) is 0 Å². The first-order valence-electron chi connectivity index (χ1n) is 11.0. The van der Waals surface area contributed by atoms with Crippen LogP contribution in [0.3, 0.4) is 0 Å². The normalized spacial score (nSPS) is 20.9. The van der Waals surface area contributed by atoms with E-state index in [9.17, 15) is 9.50 Å². The minimum atomic E-state index is -0.446. The number of hydrogen-bond donors (Lipinski definition) is 1. The van der Waals surface area contributed by atoms with Gasteiger partial charge in [0.15, 0.2) is 5.82 Å². The van der Waals surface area contributed by atoms with E-state index in [1.807, 2.05) is 30.5 Å². The lowest BCUT2D eigenvalue weighted by Crippen LogP contribution is -2.60. The first-order chi connectivity index (χ1) is 15.3. The molecule has 0 amide bonds. The molecular weight excluding hydrogens is 407 g/mol. The number of aromatic nitrogens is 4. The molecule has 1 aliphatic heterocycles. The molecule has 2 aromatic heterocycles. The van der Waals surface area contributed by atoms with Crippen LogP contribution in [0.5, 0.6) is 5.75 Å². The first-order valence-corrected chi connectivity index (χ1v) is 11.0. The van der Waals surface area contributed by atoms with Crippen LogP contribution in [0, 0.1) is 5.92 Å². The summed E-state index contributed by atoms with van der Waals surface area (Å²) in [5.41, 5.74) is 1.92.